The van der Waals surface area contributed by atoms with Gasteiger partial charge in [-0.25, -0.2) is 0 Å². The first-order valence-electron chi connectivity index (χ1n) is 27.6. The number of nitrogens with zero attached hydrogens (tertiary/aromatic N) is 1. The molecule has 0 fully saturated rings. The third kappa shape index (κ3) is 6.02. The van der Waals surface area contributed by atoms with Crippen LogP contribution in [0, 0.1) is 6.92 Å². The van der Waals surface area contributed by atoms with Crippen LogP contribution in [0.5, 0.6) is 0 Å². The Kier molecular flexibility index (Phi) is 8.89. The third-order valence-electron chi connectivity index (χ3n) is 20.4. The maximum Gasteiger partial charge on any atom is 0.198 e. The first-order valence-corrected chi connectivity index (χ1v) is 27.6. The van der Waals surface area contributed by atoms with E-state index in [1.807, 2.05) is 0 Å². The molecule has 367 valence electrons. The van der Waals surface area contributed by atoms with E-state index in [0.717, 1.165) is 59.7 Å². The number of furan rings is 1. The Labute approximate surface area is 435 Å². The molecule has 0 amide bonds. The number of benzene rings is 7. The fraction of sp³-hybridized carbons (Fsp3) is 0.391. The highest BCUT2D eigenvalue weighted by Gasteiger charge is 2.50. The number of anilines is 5. The minimum Gasteiger partial charge on any atom is -0.454 e. The van der Waals surface area contributed by atoms with Crippen molar-refractivity contribution in [1.29, 1.82) is 0 Å². The molecule has 4 heteroatoms. The topological polar surface area (TPSA) is 28.4 Å². The lowest BCUT2D eigenvalue weighted by molar-refractivity contribution is 0.331. The summed E-state index contributed by atoms with van der Waals surface area (Å²) in [7, 11) is 2.61. The van der Waals surface area contributed by atoms with Gasteiger partial charge in [0.25, 0.3) is 0 Å². The Morgan fingerprint density at radius 2 is 0.986 bits per heavy atom. The van der Waals surface area contributed by atoms with Crippen LogP contribution < -0.4 is 21.1 Å². The van der Waals surface area contributed by atoms with Crippen LogP contribution >= 0.6 is 0 Å². The zero-order valence-electron chi connectivity index (χ0n) is 46.0. The zero-order chi connectivity index (χ0) is 50.9. The fourth-order valence-electron chi connectivity index (χ4n) is 15.4. The van der Waals surface area contributed by atoms with Crippen molar-refractivity contribution in [3.63, 3.8) is 0 Å². The van der Waals surface area contributed by atoms with E-state index in [2.05, 4.69) is 218 Å². The summed E-state index contributed by atoms with van der Waals surface area (Å²) in [5, 5.41) is 6.75. The lowest BCUT2D eigenvalue weighted by Crippen LogP contribution is -2.45. The van der Waals surface area contributed by atoms with Crippen molar-refractivity contribution < 1.29 is 4.42 Å². The van der Waals surface area contributed by atoms with Crippen LogP contribution in [0.2, 0.25) is 0 Å². The molecule has 8 aromatic rings. The Morgan fingerprint density at radius 3 is 1.64 bits per heavy atom. The highest BCUT2D eigenvalue weighted by atomic mass is 16.3. The van der Waals surface area contributed by atoms with Gasteiger partial charge in [-0.05, 0) is 205 Å². The molecule has 1 N–H and O–H groups in total. The third-order valence-corrected chi connectivity index (χ3v) is 20.4. The van der Waals surface area contributed by atoms with E-state index in [1.165, 1.54) is 118 Å². The summed E-state index contributed by atoms with van der Waals surface area (Å²) in [5.41, 5.74) is 29.3. The van der Waals surface area contributed by atoms with Gasteiger partial charge in [-0.2, -0.15) is 0 Å². The maximum atomic E-state index is 7.31. The first kappa shape index (κ1) is 45.6. The SMILES string of the molecule is Cc1cc2c(cc1N1c3ccc4c5c3[B]c3c(cc6c(oc7ccccc76)c31)-c1cc3c(cc1Nc1cc6c(cc1C5(C)c1ccccc1-4)C(C)(C)CCC6(C)C)C(C)(C)CCC3(C)C)C(C)(C)CCC2(C)C. The van der Waals surface area contributed by atoms with Crippen molar-refractivity contribution in [1.82, 2.24) is 0 Å². The van der Waals surface area contributed by atoms with E-state index in [4.69, 9.17) is 4.42 Å². The quantitative estimate of drug-likeness (QED) is 0.166. The molecule has 1 radical (unpaired) electrons. The Morgan fingerprint density at radius 1 is 0.438 bits per heavy atom. The minimum absolute atomic E-state index is 0.000458. The predicted octanol–water partition coefficient (Wildman–Crippen LogP) is 17.4. The van der Waals surface area contributed by atoms with Gasteiger partial charge in [-0.1, -0.05) is 149 Å². The van der Waals surface area contributed by atoms with E-state index in [-0.39, 0.29) is 32.5 Å². The van der Waals surface area contributed by atoms with Crippen molar-refractivity contribution in [3.05, 3.63) is 159 Å². The zero-order valence-corrected chi connectivity index (χ0v) is 46.0. The highest BCUT2D eigenvalue weighted by Crippen LogP contribution is 2.60. The normalized spacial score (nSPS) is 22.1. The molecule has 3 nitrogen and oxygen atoms in total. The molecule has 4 aliphatic carbocycles. The van der Waals surface area contributed by atoms with Crippen LogP contribution in [0.25, 0.3) is 44.2 Å². The van der Waals surface area contributed by atoms with E-state index in [0.29, 0.717) is 0 Å². The molecule has 2 aliphatic heterocycles. The van der Waals surface area contributed by atoms with Crippen molar-refractivity contribution in [3.8, 4) is 22.3 Å². The molecular weight excluding hydrogens is 884 g/mol. The van der Waals surface area contributed by atoms with Gasteiger partial charge in [0.2, 0.25) is 0 Å². The van der Waals surface area contributed by atoms with Crippen molar-refractivity contribution in [2.45, 2.75) is 173 Å². The second kappa shape index (κ2) is 14.2. The van der Waals surface area contributed by atoms with Gasteiger partial charge >= 0.3 is 0 Å². The summed E-state index contributed by atoms with van der Waals surface area (Å²) in [5.74, 6) is 0. The summed E-state index contributed by atoms with van der Waals surface area (Å²) in [6.07, 6.45) is 6.93. The van der Waals surface area contributed by atoms with Crippen LogP contribution in [-0.4, -0.2) is 7.28 Å². The number of hydrogen-bond donors (Lipinski definition) is 1. The van der Waals surface area contributed by atoms with Crippen LogP contribution in [0.4, 0.5) is 28.4 Å². The molecular formula is C69H72BN2O. The van der Waals surface area contributed by atoms with Gasteiger partial charge in [0.1, 0.15) is 5.58 Å². The van der Waals surface area contributed by atoms with Gasteiger partial charge < -0.3 is 14.6 Å². The number of rotatable bonds is 1. The van der Waals surface area contributed by atoms with Crippen LogP contribution in [-0.2, 0) is 37.9 Å². The van der Waals surface area contributed by atoms with Crippen molar-refractivity contribution in [2.75, 3.05) is 10.2 Å². The minimum atomic E-state index is -0.521. The van der Waals surface area contributed by atoms with Crippen LogP contribution in [0.1, 0.15) is 184 Å². The summed E-state index contributed by atoms with van der Waals surface area (Å²) >= 11 is 0. The van der Waals surface area contributed by atoms with Crippen LogP contribution in [0.15, 0.2) is 108 Å². The lowest BCUT2D eigenvalue weighted by atomic mass is 9.53. The molecule has 1 unspecified atom stereocenters. The van der Waals surface area contributed by atoms with Gasteiger partial charge in [0, 0.05) is 44.5 Å². The Bertz CT molecular complexity index is 3800. The van der Waals surface area contributed by atoms with Gasteiger partial charge in [-0.3, -0.25) is 0 Å². The molecule has 73 heavy (non-hydrogen) atoms. The molecule has 6 aliphatic rings. The summed E-state index contributed by atoms with van der Waals surface area (Å²) in [6, 6.07) is 41.2. The first-order chi connectivity index (χ1) is 34.4. The predicted molar refractivity (Wildman–Crippen MR) is 310 cm³/mol. The van der Waals surface area contributed by atoms with Gasteiger partial charge in [-0.15, -0.1) is 0 Å². The fourth-order valence-corrected chi connectivity index (χ4v) is 15.4. The number of fused-ring (bicyclic) bond motifs is 14. The summed E-state index contributed by atoms with van der Waals surface area (Å²) in [6.45, 7) is 34.6. The molecule has 0 spiro atoms. The highest BCUT2D eigenvalue weighted by molar-refractivity contribution is 6.74. The lowest BCUT2D eigenvalue weighted by Gasteiger charge is -2.44. The van der Waals surface area contributed by atoms with Crippen LogP contribution in [0.3, 0.4) is 0 Å². The number of nitrogens with one attached hydrogen (secondary N) is 1. The van der Waals surface area contributed by atoms with Gasteiger partial charge in [0.05, 0.1) is 5.69 Å². The maximum absolute atomic E-state index is 7.31. The number of hydrogen-bond acceptors (Lipinski definition) is 3. The van der Waals surface area contributed by atoms with E-state index in [1.54, 1.807) is 0 Å². The molecule has 1 atom stereocenters. The standard InChI is InChI=1S/C69H72BN2O/c1-38-31-46-51(68(12,13)30-25-63(46,2)3)37-56(38)72-55-24-23-41-39-19-15-17-21-45(39)69(14)52-34-48-50(67(10,11)29-27-65(48,6)7)36-54(52)71-53-35-49-47(64(4,5)26-28-66(49,8)9)33-42(53)43-32-44-40-20-16-18-22-57(40)73-62(44)61(72)59(43)70-60(55)58(41)69/h15-24,31-37,71H,25-30H2,1-14H3. The molecule has 1 aromatic heterocycles. The summed E-state index contributed by atoms with van der Waals surface area (Å²) < 4.78 is 7.31. The van der Waals surface area contributed by atoms with E-state index >= 15 is 0 Å². The molecule has 2 bridgehead atoms. The van der Waals surface area contributed by atoms with Crippen molar-refractivity contribution >= 4 is 68.6 Å². The number of aryl methyl sites for hydroxylation is 1. The largest absolute Gasteiger partial charge is 0.454 e. The molecule has 0 saturated carbocycles. The van der Waals surface area contributed by atoms with Gasteiger partial charge in [0.15, 0.2) is 12.9 Å². The molecule has 3 heterocycles. The monoisotopic (exact) mass is 956 g/mol. The average Bonchev–Trinajstić information content (AvgIpc) is 3.85. The van der Waals surface area contributed by atoms with Crippen molar-refractivity contribution in [2.24, 2.45) is 0 Å². The molecule has 7 aromatic carbocycles. The second-order valence-corrected chi connectivity index (χ2v) is 27.7. The summed E-state index contributed by atoms with van der Waals surface area (Å²) in [4.78, 5) is 2.67. The average molecular weight is 956 g/mol. The molecule has 0 saturated heterocycles. The molecule has 14 rings (SSSR count). The Hall–Kier alpha value is -6.00. The smallest absolute Gasteiger partial charge is 0.198 e. The van der Waals surface area contributed by atoms with E-state index in [9.17, 15) is 0 Å². The number of para-hydroxylation sites is 1. The Balaban J connectivity index is 1.20. The van der Waals surface area contributed by atoms with E-state index < -0.39 is 5.41 Å². The second-order valence-electron chi connectivity index (χ2n) is 27.7.